The SMILES string of the molecule is Cc1ccc(C(=O)O)cc1N1C(=O)C[C@@H](Nc2cccc(F)c2)C1=O. The van der Waals surface area contributed by atoms with E-state index in [1.807, 2.05) is 0 Å². The molecule has 0 aliphatic carbocycles. The summed E-state index contributed by atoms with van der Waals surface area (Å²) in [6, 6.07) is 9.04. The van der Waals surface area contributed by atoms with Gasteiger partial charge in [-0.3, -0.25) is 9.59 Å². The summed E-state index contributed by atoms with van der Waals surface area (Å²) in [5.74, 6) is -2.54. The third-order valence-electron chi connectivity index (χ3n) is 4.01. The lowest BCUT2D eigenvalue weighted by Crippen LogP contribution is -2.35. The molecule has 0 unspecified atom stereocenters. The normalized spacial score (nSPS) is 17.0. The van der Waals surface area contributed by atoms with Gasteiger partial charge in [0, 0.05) is 5.69 Å². The maximum Gasteiger partial charge on any atom is 0.335 e. The first kappa shape index (κ1) is 16.6. The molecule has 6 nitrogen and oxygen atoms in total. The Morgan fingerprint density at radius 2 is 2.00 bits per heavy atom. The number of carbonyl (C=O) groups excluding carboxylic acids is 2. The lowest BCUT2D eigenvalue weighted by atomic mass is 10.1. The Morgan fingerprint density at radius 1 is 1.24 bits per heavy atom. The number of carboxylic acid groups (broad SMARTS) is 1. The Labute approximate surface area is 142 Å². The van der Waals surface area contributed by atoms with Crippen molar-refractivity contribution in [3.63, 3.8) is 0 Å². The molecule has 25 heavy (non-hydrogen) atoms. The van der Waals surface area contributed by atoms with Gasteiger partial charge >= 0.3 is 5.97 Å². The van der Waals surface area contributed by atoms with Crippen molar-refractivity contribution in [3.8, 4) is 0 Å². The Hall–Kier alpha value is -3.22. The van der Waals surface area contributed by atoms with Crippen molar-refractivity contribution >= 4 is 29.2 Å². The summed E-state index contributed by atoms with van der Waals surface area (Å²) < 4.78 is 13.3. The molecule has 2 N–H and O–H groups in total. The Bertz CT molecular complexity index is 881. The molecule has 1 heterocycles. The molecule has 2 aromatic rings. The summed E-state index contributed by atoms with van der Waals surface area (Å²) >= 11 is 0. The van der Waals surface area contributed by atoms with Crippen LogP contribution < -0.4 is 10.2 Å². The molecule has 128 valence electrons. The summed E-state index contributed by atoms with van der Waals surface area (Å²) in [6.07, 6.45) is -0.0912. The van der Waals surface area contributed by atoms with Crippen LogP contribution in [-0.4, -0.2) is 28.9 Å². The van der Waals surface area contributed by atoms with Crippen molar-refractivity contribution in [2.45, 2.75) is 19.4 Å². The fraction of sp³-hybridized carbons (Fsp3) is 0.167. The molecule has 1 saturated heterocycles. The van der Waals surface area contributed by atoms with Crippen LogP contribution in [0.3, 0.4) is 0 Å². The summed E-state index contributed by atoms with van der Waals surface area (Å²) in [5, 5.41) is 12.0. The number of nitrogens with zero attached hydrogens (tertiary/aromatic N) is 1. The molecule has 1 fully saturated rings. The monoisotopic (exact) mass is 342 g/mol. The first-order valence-corrected chi connectivity index (χ1v) is 7.59. The van der Waals surface area contributed by atoms with Crippen LogP contribution in [0.4, 0.5) is 15.8 Å². The van der Waals surface area contributed by atoms with E-state index in [1.165, 1.54) is 30.3 Å². The van der Waals surface area contributed by atoms with Crippen LogP contribution in [0.25, 0.3) is 0 Å². The Morgan fingerprint density at radius 3 is 2.68 bits per heavy atom. The number of amides is 2. The fourth-order valence-electron chi connectivity index (χ4n) is 2.76. The van der Waals surface area contributed by atoms with E-state index in [-0.39, 0.29) is 17.7 Å². The number of hydrogen-bond acceptors (Lipinski definition) is 4. The summed E-state index contributed by atoms with van der Waals surface area (Å²) in [4.78, 5) is 37.1. The molecule has 0 saturated carbocycles. The fourth-order valence-corrected chi connectivity index (χ4v) is 2.76. The average molecular weight is 342 g/mol. The zero-order valence-electron chi connectivity index (χ0n) is 13.3. The van der Waals surface area contributed by atoms with Gasteiger partial charge in [0.2, 0.25) is 5.91 Å². The summed E-state index contributed by atoms with van der Waals surface area (Å²) in [6.45, 7) is 1.69. The average Bonchev–Trinajstić information content (AvgIpc) is 2.82. The van der Waals surface area contributed by atoms with Gasteiger partial charge in [-0.05, 0) is 42.8 Å². The lowest BCUT2D eigenvalue weighted by Gasteiger charge is -2.18. The molecule has 0 spiro atoms. The minimum atomic E-state index is -1.14. The van der Waals surface area contributed by atoms with Crippen molar-refractivity contribution in [1.29, 1.82) is 0 Å². The molecule has 0 radical (unpaired) electrons. The van der Waals surface area contributed by atoms with E-state index in [1.54, 1.807) is 19.1 Å². The van der Waals surface area contributed by atoms with E-state index >= 15 is 0 Å². The molecule has 2 amide bonds. The number of anilines is 2. The third-order valence-corrected chi connectivity index (χ3v) is 4.01. The second-order valence-corrected chi connectivity index (χ2v) is 5.79. The van der Waals surface area contributed by atoms with Gasteiger partial charge in [-0.2, -0.15) is 0 Å². The van der Waals surface area contributed by atoms with E-state index in [0.717, 1.165) is 4.90 Å². The van der Waals surface area contributed by atoms with E-state index < -0.39 is 29.6 Å². The van der Waals surface area contributed by atoms with E-state index in [0.29, 0.717) is 11.3 Å². The number of carbonyl (C=O) groups is 3. The molecule has 0 bridgehead atoms. The lowest BCUT2D eigenvalue weighted by molar-refractivity contribution is -0.121. The number of aryl methyl sites for hydroxylation is 1. The second kappa shape index (κ2) is 6.35. The zero-order chi connectivity index (χ0) is 18.1. The highest BCUT2D eigenvalue weighted by Gasteiger charge is 2.40. The largest absolute Gasteiger partial charge is 0.478 e. The topological polar surface area (TPSA) is 86.7 Å². The molecule has 0 aromatic heterocycles. The number of nitrogens with one attached hydrogen (secondary N) is 1. The van der Waals surface area contributed by atoms with Gasteiger partial charge in [-0.15, -0.1) is 0 Å². The molecule has 1 aliphatic heterocycles. The predicted octanol–water partition coefficient (Wildman–Crippen LogP) is 2.58. The second-order valence-electron chi connectivity index (χ2n) is 5.79. The van der Waals surface area contributed by atoms with Crippen LogP contribution in [0.1, 0.15) is 22.3 Å². The highest BCUT2D eigenvalue weighted by atomic mass is 19.1. The Balaban J connectivity index is 1.89. The molecule has 3 rings (SSSR count). The van der Waals surface area contributed by atoms with Gasteiger partial charge < -0.3 is 10.4 Å². The van der Waals surface area contributed by atoms with Gasteiger partial charge in [0.1, 0.15) is 11.9 Å². The number of halogens is 1. The van der Waals surface area contributed by atoms with E-state index in [9.17, 15) is 18.8 Å². The minimum absolute atomic E-state index is 0.0114. The molecule has 2 aromatic carbocycles. The van der Waals surface area contributed by atoms with Crippen LogP contribution >= 0.6 is 0 Å². The van der Waals surface area contributed by atoms with Gasteiger partial charge in [-0.1, -0.05) is 12.1 Å². The first-order chi connectivity index (χ1) is 11.9. The summed E-state index contributed by atoms with van der Waals surface area (Å²) in [5.41, 5.74) is 1.24. The predicted molar refractivity (Wildman–Crippen MR) is 89.1 cm³/mol. The zero-order valence-corrected chi connectivity index (χ0v) is 13.3. The van der Waals surface area contributed by atoms with Crippen molar-refractivity contribution in [2.24, 2.45) is 0 Å². The number of rotatable bonds is 4. The van der Waals surface area contributed by atoms with Crippen LogP contribution in [0.5, 0.6) is 0 Å². The van der Waals surface area contributed by atoms with Crippen molar-refractivity contribution in [1.82, 2.24) is 0 Å². The van der Waals surface area contributed by atoms with Crippen molar-refractivity contribution in [2.75, 3.05) is 10.2 Å². The van der Waals surface area contributed by atoms with Crippen molar-refractivity contribution < 1.29 is 23.9 Å². The van der Waals surface area contributed by atoms with Crippen LogP contribution in [0.2, 0.25) is 0 Å². The molecule has 1 atom stereocenters. The standard InChI is InChI=1S/C18H15FN2O4/c1-10-5-6-11(18(24)25)7-15(10)21-16(22)9-14(17(21)23)20-13-4-2-3-12(19)8-13/h2-8,14,20H,9H2,1H3,(H,24,25)/t14-/m1/s1. The van der Waals surface area contributed by atoms with Crippen LogP contribution in [0, 0.1) is 12.7 Å². The Kier molecular flexibility index (Phi) is 4.22. The molecule has 7 heteroatoms. The molecular formula is C18H15FN2O4. The molecular weight excluding hydrogens is 327 g/mol. The number of aromatic carboxylic acids is 1. The van der Waals surface area contributed by atoms with Crippen LogP contribution in [-0.2, 0) is 9.59 Å². The highest BCUT2D eigenvalue weighted by molar-refractivity contribution is 6.23. The smallest absolute Gasteiger partial charge is 0.335 e. The van der Waals surface area contributed by atoms with Gasteiger partial charge in [0.05, 0.1) is 17.7 Å². The minimum Gasteiger partial charge on any atom is -0.478 e. The quantitative estimate of drug-likeness (QED) is 0.834. The van der Waals surface area contributed by atoms with Gasteiger partial charge in [0.15, 0.2) is 0 Å². The van der Waals surface area contributed by atoms with Crippen LogP contribution in [0.15, 0.2) is 42.5 Å². The maximum absolute atomic E-state index is 13.3. The van der Waals surface area contributed by atoms with E-state index in [2.05, 4.69) is 5.32 Å². The summed E-state index contributed by atoms with van der Waals surface area (Å²) in [7, 11) is 0. The van der Waals surface area contributed by atoms with Gasteiger partial charge in [-0.25, -0.2) is 14.1 Å². The number of carboxylic acids is 1. The van der Waals surface area contributed by atoms with Gasteiger partial charge in [0.25, 0.3) is 5.91 Å². The number of imide groups is 1. The number of hydrogen-bond donors (Lipinski definition) is 2. The maximum atomic E-state index is 13.3. The van der Waals surface area contributed by atoms with E-state index in [4.69, 9.17) is 5.11 Å². The molecule has 1 aliphatic rings. The number of benzene rings is 2. The van der Waals surface area contributed by atoms with Crippen molar-refractivity contribution in [3.05, 3.63) is 59.4 Å². The highest BCUT2D eigenvalue weighted by Crippen LogP contribution is 2.29. The third kappa shape index (κ3) is 3.21. The first-order valence-electron chi connectivity index (χ1n) is 7.59.